The van der Waals surface area contributed by atoms with E-state index in [1.807, 2.05) is 0 Å². The lowest BCUT2D eigenvalue weighted by atomic mass is 10.1. The number of aromatic nitrogens is 3. The zero-order valence-electron chi connectivity index (χ0n) is 16.1. The second kappa shape index (κ2) is 8.24. The minimum absolute atomic E-state index is 0.158. The molecule has 9 heteroatoms. The first-order valence-corrected chi connectivity index (χ1v) is 9.56. The highest BCUT2D eigenvalue weighted by molar-refractivity contribution is 6.02. The van der Waals surface area contributed by atoms with Crippen molar-refractivity contribution in [1.29, 1.82) is 0 Å². The number of carbonyl (C=O) groups is 3. The molecule has 152 valence electrons. The summed E-state index contributed by atoms with van der Waals surface area (Å²) in [5.74, 6) is 0.0273. The van der Waals surface area contributed by atoms with Crippen molar-refractivity contribution in [2.75, 3.05) is 17.6 Å². The number of hydrogen-bond donors (Lipinski definition) is 2. The lowest BCUT2D eigenvalue weighted by Crippen LogP contribution is -2.31. The van der Waals surface area contributed by atoms with Gasteiger partial charge in [0.15, 0.2) is 5.82 Å². The number of likely N-dealkylation sites (tertiary alicyclic amines) is 1. The molecule has 3 aromatic rings. The van der Waals surface area contributed by atoms with Gasteiger partial charge in [-0.2, -0.15) is 0 Å². The van der Waals surface area contributed by atoms with Crippen molar-refractivity contribution >= 4 is 40.4 Å². The van der Waals surface area contributed by atoms with Crippen molar-refractivity contribution in [2.24, 2.45) is 0 Å². The fourth-order valence-electron chi connectivity index (χ4n) is 3.44. The maximum Gasteiger partial charge on any atom is 0.229 e. The van der Waals surface area contributed by atoms with Gasteiger partial charge in [0.25, 0.3) is 0 Å². The van der Waals surface area contributed by atoms with Crippen LogP contribution in [0.2, 0.25) is 0 Å². The number of imide groups is 1. The van der Waals surface area contributed by atoms with Gasteiger partial charge in [0.1, 0.15) is 12.3 Å². The fourth-order valence-corrected chi connectivity index (χ4v) is 3.44. The Morgan fingerprint density at radius 1 is 1.13 bits per heavy atom. The standard InChI is InChI=1S/C21H20N6O3/c22-13-2-3-16-15(10-13)17(26-18(12-28)21-23-7-1-8-24-21)11-14(25-16)6-9-27-19(29)4-5-20(27)30/h1-3,7-8,10-12,18H,4-6,9,22H2,(H,25,26). The summed E-state index contributed by atoms with van der Waals surface area (Å²) in [5.41, 5.74) is 8.52. The van der Waals surface area contributed by atoms with Crippen LogP contribution in [0.1, 0.15) is 30.4 Å². The predicted octanol–water partition coefficient (Wildman–Crippen LogP) is 1.65. The monoisotopic (exact) mass is 404 g/mol. The summed E-state index contributed by atoms with van der Waals surface area (Å²) in [5, 5.41) is 3.91. The van der Waals surface area contributed by atoms with Crippen LogP contribution >= 0.6 is 0 Å². The van der Waals surface area contributed by atoms with Crippen molar-refractivity contribution in [3.05, 3.63) is 54.2 Å². The number of amides is 2. The maximum atomic E-state index is 11.9. The number of anilines is 2. The average molecular weight is 404 g/mol. The van der Waals surface area contributed by atoms with Gasteiger partial charge in [0.05, 0.1) is 5.52 Å². The number of fused-ring (bicyclic) bond motifs is 1. The number of hydrogen-bond acceptors (Lipinski definition) is 8. The van der Waals surface area contributed by atoms with E-state index in [0.717, 1.165) is 11.7 Å². The molecule has 1 saturated heterocycles. The Balaban J connectivity index is 1.66. The molecule has 2 aromatic heterocycles. The summed E-state index contributed by atoms with van der Waals surface area (Å²) in [6.07, 6.45) is 4.79. The Bertz CT molecular complexity index is 1100. The highest BCUT2D eigenvalue weighted by Crippen LogP contribution is 2.28. The molecular weight excluding hydrogens is 384 g/mol. The van der Waals surface area contributed by atoms with Gasteiger partial charge in [-0.05, 0) is 30.3 Å². The van der Waals surface area contributed by atoms with Gasteiger partial charge in [-0.15, -0.1) is 0 Å². The Hall–Kier alpha value is -3.88. The Morgan fingerprint density at radius 2 is 1.87 bits per heavy atom. The van der Waals surface area contributed by atoms with Crippen molar-refractivity contribution in [2.45, 2.75) is 25.3 Å². The molecule has 3 heterocycles. The van der Waals surface area contributed by atoms with Gasteiger partial charge in [0.2, 0.25) is 11.8 Å². The number of pyridine rings is 1. The fraction of sp³-hybridized carbons (Fsp3) is 0.238. The molecule has 1 aliphatic heterocycles. The molecular formula is C21H20N6O3. The van der Waals surface area contributed by atoms with E-state index < -0.39 is 6.04 Å². The van der Waals surface area contributed by atoms with E-state index in [0.29, 0.717) is 34.8 Å². The molecule has 0 aliphatic carbocycles. The van der Waals surface area contributed by atoms with Gasteiger partial charge in [-0.3, -0.25) is 19.5 Å². The minimum Gasteiger partial charge on any atom is -0.399 e. The molecule has 1 aliphatic rings. The zero-order valence-corrected chi connectivity index (χ0v) is 16.1. The molecule has 3 N–H and O–H groups in total. The summed E-state index contributed by atoms with van der Waals surface area (Å²) in [6, 6.07) is 8.02. The van der Waals surface area contributed by atoms with Gasteiger partial charge in [0, 0.05) is 60.7 Å². The Morgan fingerprint density at radius 3 is 2.57 bits per heavy atom. The molecule has 0 saturated carbocycles. The van der Waals surface area contributed by atoms with E-state index in [1.165, 1.54) is 4.90 Å². The normalized spacial score (nSPS) is 14.9. The van der Waals surface area contributed by atoms with E-state index in [1.54, 1.807) is 42.7 Å². The molecule has 0 spiro atoms. The van der Waals surface area contributed by atoms with Crippen LogP contribution in [0.5, 0.6) is 0 Å². The van der Waals surface area contributed by atoms with Crippen molar-refractivity contribution < 1.29 is 14.4 Å². The SMILES string of the molecule is Nc1ccc2nc(CCN3C(=O)CCC3=O)cc(NC(C=O)c3ncccn3)c2c1. The van der Waals surface area contributed by atoms with Crippen LogP contribution in [0, 0.1) is 0 Å². The molecule has 2 amide bonds. The van der Waals surface area contributed by atoms with Crippen molar-refractivity contribution in [1.82, 2.24) is 19.9 Å². The zero-order chi connectivity index (χ0) is 21.1. The van der Waals surface area contributed by atoms with E-state index in [-0.39, 0.29) is 31.2 Å². The Kier molecular flexibility index (Phi) is 5.34. The third-order valence-electron chi connectivity index (χ3n) is 4.94. The maximum absolute atomic E-state index is 11.9. The number of nitrogen functional groups attached to an aromatic ring is 1. The van der Waals surface area contributed by atoms with E-state index in [2.05, 4.69) is 20.3 Å². The minimum atomic E-state index is -0.757. The summed E-state index contributed by atoms with van der Waals surface area (Å²) in [7, 11) is 0. The van der Waals surface area contributed by atoms with Crippen LogP contribution in [-0.4, -0.2) is 44.5 Å². The smallest absolute Gasteiger partial charge is 0.229 e. The lowest BCUT2D eigenvalue weighted by Gasteiger charge is -2.17. The average Bonchev–Trinajstić information content (AvgIpc) is 3.08. The summed E-state index contributed by atoms with van der Waals surface area (Å²) < 4.78 is 0. The molecule has 0 bridgehead atoms. The molecule has 4 rings (SSSR count). The van der Waals surface area contributed by atoms with Crippen molar-refractivity contribution in [3.63, 3.8) is 0 Å². The van der Waals surface area contributed by atoms with Gasteiger partial charge >= 0.3 is 0 Å². The summed E-state index contributed by atoms with van der Waals surface area (Å²) >= 11 is 0. The second-order valence-corrected chi connectivity index (χ2v) is 6.99. The highest BCUT2D eigenvalue weighted by atomic mass is 16.2. The number of benzene rings is 1. The molecule has 30 heavy (non-hydrogen) atoms. The number of carbonyl (C=O) groups excluding carboxylic acids is 3. The first-order chi connectivity index (χ1) is 14.5. The first kappa shape index (κ1) is 19.4. The van der Waals surface area contributed by atoms with E-state index in [4.69, 9.17) is 5.73 Å². The van der Waals surface area contributed by atoms with Crippen LogP contribution in [-0.2, 0) is 20.8 Å². The van der Waals surface area contributed by atoms with Gasteiger partial charge in [-0.1, -0.05) is 0 Å². The third kappa shape index (κ3) is 3.95. The summed E-state index contributed by atoms with van der Waals surface area (Å²) in [4.78, 5) is 49.6. The molecule has 1 aromatic carbocycles. The van der Waals surface area contributed by atoms with Crippen LogP contribution < -0.4 is 11.1 Å². The van der Waals surface area contributed by atoms with Crippen LogP contribution in [0.25, 0.3) is 10.9 Å². The molecule has 0 radical (unpaired) electrons. The van der Waals surface area contributed by atoms with E-state index >= 15 is 0 Å². The topological polar surface area (TPSA) is 131 Å². The second-order valence-electron chi connectivity index (χ2n) is 6.99. The van der Waals surface area contributed by atoms with Gasteiger partial charge < -0.3 is 15.8 Å². The number of rotatable bonds is 7. The van der Waals surface area contributed by atoms with Crippen LogP contribution in [0.3, 0.4) is 0 Å². The van der Waals surface area contributed by atoms with Crippen LogP contribution in [0.4, 0.5) is 11.4 Å². The third-order valence-corrected chi connectivity index (χ3v) is 4.94. The number of nitrogens with one attached hydrogen (secondary N) is 1. The number of aldehydes is 1. The number of nitrogens with zero attached hydrogens (tertiary/aromatic N) is 4. The summed E-state index contributed by atoms with van der Waals surface area (Å²) in [6.45, 7) is 0.267. The van der Waals surface area contributed by atoms with Crippen LogP contribution in [0.15, 0.2) is 42.7 Å². The highest BCUT2D eigenvalue weighted by Gasteiger charge is 2.28. The number of nitrogens with two attached hydrogens (primary N) is 1. The molecule has 1 fully saturated rings. The molecule has 1 atom stereocenters. The van der Waals surface area contributed by atoms with Gasteiger partial charge in [-0.25, -0.2) is 9.97 Å². The first-order valence-electron chi connectivity index (χ1n) is 9.56. The largest absolute Gasteiger partial charge is 0.399 e. The molecule has 1 unspecified atom stereocenters. The quantitative estimate of drug-likeness (QED) is 0.345. The molecule has 9 nitrogen and oxygen atoms in total. The van der Waals surface area contributed by atoms with Crippen molar-refractivity contribution in [3.8, 4) is 0 Å². The van der Waals surface area contributed by atoms with E-state index in [9.17, 15) is 14.4 Å². The Labute approximate surface area is 172 Å². The lowest BCUT2D eigenvalue weighted by molar-refractivity contribution is -0.138. The predicted molar refractivity (Wildman–Crippen MR) is 110 cm³/mol.